The molecule has 0 amide bonds. The van der Waals surface area contributed by atoms with Gasteiger partial charge in [0.15, 0.2) is 0 Å². The van der Waals surface area contributed by atoms with Crippen LogP contribution in [0.15, 0.2) is 40.1 Å². The molecule has 0 spiro atoms. The first-order valence-corrected chi connectivity index (χ1v) is 8.59. The monoisotopic (exact) mass is 321 g/mol. The summed E-state index contributed by atoms with van der Waals surface area (Å²) in [5, 5.41) is 0.398. The molecule has 0 aliphatic carbocycles. The minimum Gasteiger partial charge on any atom is -0.399 e. The highest BCUT2D eigenvalue weighted by molar-refractivity contribution is 8.13. The van der Waals surface area contributed by atoms with Crippen LogP contribution in [0.25, 0.3) is 10.8 Å². The lowest BCUT2D eigenvalue weighted by Crippen LogP contribution is -2.02. The molecule has 0 saturated heterocycles. The third kappa shape index (κ3) is 2.81. The van der Waals surface area contributed by atoms with Crippen molar-refractivity contribution in [1.82, 2.24) is 0 Å². The van der Waals surface area contributed by atoms with E-state index in [1.54, 1.807) is 0 Å². The van der Waals surface area contributed by atoms with Crippen molar-refractivity contribution in [2.24, 2.45) is 0 Å². The minimum absolute atomic E-state index is 0.117. The fourth-order valence-electron chi connectivity index (χ4n) is 1.67. The molecule has 0 fully saturated rings. The average Bonchev–Trinajstić information content (AvgIpc) is 2.24. The number of benzene rings is 2. The summed E-state index contributed by atoms with van der Waals surface area (Å²) < 4.78 is 54.4. The van der Waals surface area contributed by atoms with Gasteiger partial charge in [0.05, 0.1) is 4.90 Å². The summed E-state index contributed by atoms with van der Waals surface area (Å²) in [7, 11) is -3.55. The molecular weight excluding hydrogens is 314 g/mol. The van der Waals surface area contributed by atoms with Gasteiger partial charge < -0.3 is 5.73 Å². The normalized spacial score (nSPS) is 12.7. The highest BCUT2D eigenvalue weighted by Crippen LogP contribution is 2.30. The predicted octanol–water partition coefficient (Wildman–Crippen LogP) is 1.60. The minimum atomic E-state index is -4.61. The van der Waals surface area contributed by atoms with Gasteiger partial charge >= 0.3 is 0 Å². The molecule has 0 saturated carbocycles. The molecule has 3 N–H and O–H groups in total. The summed E-state index contributed by atoms with van der Waals surface area (Å²) in [4.78, 5) is -0.976. The average molecular weight is 322 g/mol. The van der Waals surface area contributed by atoms with Crippen molar-refractivity contribution in [3.8, 4) is 0 Å². The summed E-state index contributed by atoms with van der Waals surface area (Å²) in [6.45, 7) is 0. The molecule has 0 aliphatic rings. The zero-order valence-corrected chi connectivity index (χ0v) is 11.6. The Balaban J connectivity index is 3.01. The second-order valence-corrected chi connectivity index (χ2v) is 7.77. The first-order chi connectivity index (χ1) is 8.59. The number of nitrogen functional groups attached to an aromatic ring is 1. The fourth-order valence-corrected chi connectivity index (χ4v) is 3.27. The Bertz CT molecular complexity index is 874. The van der Waals surface area contributed by atoms with E-state index in [0.29, 0.717) is 0 Å². The molecule has 0 heterocycles. The van der Waals surface area contributed by atoms with E-state index in [1.165, 1.54) is 24.3 Å². The summed E-state index contributed by atoms with van der Waals surface area (Å²) in [6.07, 6.45) is 0. The van der Waals surface area contributed by atoms with Crippen LogP contribution >= 0.6 is 10.7 Å². The molecule has 19 heavy (non-hydrogen) atoms. The van der Waals surface area contributed by atoms with Gasteiger partial charge in [-0.15, -0.1) is 0 Å². The van der Waals surface area contributed by atoms with Crippen LogP contribution < -0.4 is 5.73 Å². The SMILES string of the molecule is Nc1ccc2cc(S(=O)(=O)Cl)cc(S(=O)(=O)O)c2c1. The van der Waals surface area contributed by atoms with Gasteiger partial charge in [-0.25, -0.2) is 8.42 Å². The summed E-state index contributed by atoms with van der Waals surface area (Å²) in [6, 6.07) is 6.22. The lowest BCUT2D eigenvalue weighted by atomic mass is 10.1. The standard InChI is InChI=1S/C10H8ClNO5S2/c11-18(13,14)8-3-6-1-2-7(12)4-9(6)10(5-8)19(15,16)17/h1-5H,12H2,(H,15,16,17). The van der Waals surface area contributed by atoms with Crippen LogP contribution in [0, 0.1) is 0 Å². The quantitative estimate of drug-likeness (QED) is 0.493. The molecule has 102 valence electrons. The number of nitrogens with two attached hydrogens (primary N) is 1. The molecule has 0 atom stereocenters. The van der Waals surface area contributed by atoms with Gasteiger partial charge in [-0.2, -0.15) is 8.42 Å². The third-order valence-corrected chi connectivity index (χ3v) is 4.70. The van der Waals surface area contributed by atoms with E-state index >= 15 is 0 Å². The Morgan fingerprint density at radius 1 is 1.05 bits per heavy atom. The number of fused-ring (bicyclic) bond motifs is 1. The maximum Gasteiger partial charge on any atom is 0.295 e. The largest absolute Gasteiger partial charge is 0.399 e. The van der Waals surface area contributed by atoms with E-state index in [9.17, 15) is 16.8 Å². The molecule has 0 bridgehead atoms. The van der Waals surface area contributed by atoms with Crippen molar-refractivity contribution < 1.29 is 21.4 Å². The smallest absolute Gasteiger partial charge is 0.295 e. The van der Waals surface area contributed by atoms with Crippen LogP contribution in [-0.4, -0.2) is 21.4 Å². The molecule has 2 rings (SSSR count). The van der Waals surface area contributed by atoms with Crippen LogP contribution in [0.2, 0.25) is 0 Å². The maximum absolute atomic E-state index is 11.3. The first-order valence-electron chi connectivity index (χ1n) is 4.84. The Kier molecular flexibility index (Phi) is 3.21. The van der Waals surface area contributed by atoms with Gasteiger partial charge in [0.25, 0.3) is 19.2 Å². The van der Waals surface area contributed by atoms with Gasteiger partial charge in [0, 0.05) is 21.8 Å². The molecule has 2 aromatic carbocycles. The summed E-state index contributed by atoms with van der Waals surface area (Å²) >= 11 is 0. The van der Waals surface area contributed by atoms with Gasteiger partial charge in [0.2, 0.25) is 0 Å². The van der Waals surface area contributed by atoms with E-state index in [1.807, 2.05) is 0 Å². The number of halogens is 1. The van der Waals surface area contributed by atoms with Crippen molar-refractivity contribution in [3.05, 3.63) is 30.3 Å². The van der Waals surface area contributed by atoms with Crippen LogP contribution in [0.1, 0.15) is 0 Å². The molecule has 0 aromatic heterocycles. The van der Waals surface area contributed by atoms with Crippen molar-refractivity contribution in [2.75, 3.05) is 5.73 Å². The lowest BCUT2D eigenvalue weighted by Gasteiger charge is -2.07. The fraction of sp³-hybridized carbons (Fsp3) is 0. The highest BCUT2D eigenvalue weighted by atomic mass is 35.7. The molecule has 6 nitrogen and oxygen atoms in total. The molecule has 0 unspecified atom stereocenters. The Morgan fingerprint density at radius 2 is 1.68 bits per heavy atom. The van der Waals surface area contributed by atoms with E-state index in [-0.39, 0.29) is 16.5 Å². The van der Waals surface area contributed by atoms with Crippen LogP contribution in [0.3, 0.4) is 0 Å². The number of hydrogen-bond acceptors (Lipinski definition) is 5. The zero-order chi connectivity index (χ0) is 14.4. The number of hydrogen-bond donors (Lipinski definition) is 2. The Labute approximate surface area is 114 Å². The second kappa shape index (κ2) is 4.34. The topological polar surface area (TPSA) is 115 Å². The van der Waals surface area contributed by atoms with Gasteiger partial charge in [-0.1, -0.05) is 6.07 Å². The van der Waals surface area contributed by atoms with Crippen molar-refractivity contribution in [1.29, 1.82) is 0 Å². The molecule has 2 aromatic rings. The predicted molar refractivity (Wildman–Crippen MR) is 71.2 cm³/mol. The zero-order valence-electron chi connectivity index (χ0n) is 9.24. The van der Waals surface area contributed by atoms with Crippen LogP contribution in [-0.2, 0) is 19.2 Å². The molecule has 0 radical (unpaired) electrons. The van der Waals surface area contributed by atoms with Gasteiger partial charge in [-0.05, 0) is 29.7 Å². The van der Waals surface area contributed by atoms with Crippen molar-refractivity contribution in [3.63, 3.8) is 0 Å². The molecule has 0 aliphatic heterocycles. The number of anilines is 1. The van der Waals surface area contributed by atoms with Crippen molar-refractivity contribution in [2.45, 2.75) is 9.79 Å². The number of rotatable bonds is 2. The Morgan fingerprint density at radius 3 is 2.21 bits per heavy atom. The second-order valence-electron chi connectivity index (χ2n) is 3.81. The van der Waals surface area contributed by atoms with E-state index in [0.717, 1.165) is 6.07 Å². The van der Waals surface area contributed by atoms with Crippen molar-refractivity contribution >= 4 is 46.3 Å². The van der Waals surface area contributed by atoms with Crippen LogP contribution in [0.4, 0.5) is 5.69 Å². The third-order valence-electron chi connectivity index (χ3n) is 2.47. The first kappa shape index (κ1) is 14.1. The maximum atomic E-state index is 11.3. The van der Waals surface area contributed by atoms with E-state index in [4.69, 9.17) is 21.0 Å². The lowest BCUT2D eigenvalue weighted by molar-refractivity contribution is 0.484. The van der Waals surface area contributed by atoms with E-state index < -0.39 is 29.0 Å². The van der Waals surface area contributed by atoms with Gasteiger partial charge in [0.1, 0.15) is 4.90 Å². The Hall–Kier alpha value is -1.35. The summed E-state index contributed by atoms with van der Waals surface area (Å²) in [5.41, 5.74) is 5.82. The van der Waals surface area contributed by atoms with Gasteiger partial charge in [-0.3, -0.25) is 4.55 Å². The van der Waals surface area contributed by atoms with E-state index in [2.05, 4.69) is 0 Å². The highest BCUT2D eigenvalue weighted by Gasteiger charge is 2.20. The van der Waals surface area contributed by atoms with Crippen LogP contribution in [0.5, 0.6) is 0 Å². The molecule has 9 heteroatoms. The summed E-state index contributed by atoms with van der Waals surface area (Å²) in [5.74, 6) is 0. The molecular formula is C10H8ClNO5S2.